The van der Waals surface area contributed by atoms with Gasteiger partial charge in [0, 0.05) is 20.1 Å². The number of amides is 1. The molecule has 1 atom stereocenters. The van der Waals surface area contributed by atoms with E-state index in [4.69, 9.17) is 15.1 Å². The number of hydrogen-bond donors (Lipinski definition) is 2. The Morgan fingerprint density at radius 1 is 1.08 bits per heavy atom. The number of nitrogens with zero attached hydrogens (tertiary/aromatic N) is 3. The lowest BCUT2D eigenvalue weighted by Gasteiger charge is -2.29. The first-order valence-electron chi connectivity index (χ1n) is 14.5. The number of carbonyl (C=O) groups excluding carboxylic acids is 1. The van der Waals surface area contributed by atoms with Crippen molar-refractivity contribution >= 4 is 34.7 Å². The van der Waals surface area contributed by atoms with Crippen LogP contribution in [0.5, 0.6) is 0 Å². The Kier molecular flexibility index (Phi) is 8.11. The molecule has 2 heterocycles. The van der Waals surface area contributed by atoms with E-state index in [0.717, 1.165) is 67.5 Å². The van der Waals surface area contributed by atoms with E-state index in [1.165, 1.54) is 31.2 Å². The smallest absolute Gasteiger partial charge is 0.308 e. The van der Waals surface area contributed by atoms with Crippen LogP contribution in [0.15, 0.2) is 24.3 Å². The Bertz CT molecular complexity index is 1300. The zero-order valence-electron chi connectivity index (χ0n) is 23.8. The van der Waals surface area contributed by atoms with Crippen molar-refractivity contribution in [3.8, 4) is 11.8 Å². The topological polar surface area (TPSA) is 81.5 Å². The van der Waals surface area contributed by atoms with Crippen molar-refractivity contribution in [3.05, 3.63) is 41.1 Å². The molecule has 3 fully saturated rings. The molecular formula is C32H41N5O2. The molecule has 0 radical (unpaired) electrons. The third-order valence-corrected chi connectivity index (χ3v) is 8.55. The fourth-order valence-corrected chi connectivity index (χ4v) is 6.03. The van der Waals surface area contributed by atoms with Gasteiger partial charge in [-0.25, -0.2) is 4.98 Å². The van der Waals surface area contributed by atoms with E-state index in [-0.39, 0.29) is 17.9 Å². The molecule has 3 aliphatic rings. The number of rotatable bonds is 7. The van der Waals surface area contributed by atoms with Crippen LogP contribution in [0.4, 0.5) is 22.9 Å². The summed E-state index contributed by atoms with van der Waals surface area (Å²) in [4.78, 5) is 22.6. The number of ether oxygens (including phenoxy) is 1. The molecule has 1 aromatic heterocycles. The van der Waals surface area contributed by atoms with E-state index in [2.05, 4.69) is 48.0 Å². The van der Waals surface area contributed by atoms with Crippen molar-refractivity contribution in [1.82, 2.24) is 4.98 Å². The van der Waals surface area contributed by atoms with Crippen LogP contribution in [0, 0.1) is 42.9 Å². The average Bonchev–Trinajstić information content (AvgIpc) is 3.67. The number of anilines is 4. The van der Waals surface area contributed by atoms with Gasteiger partial charge in [-0.2, -0.15) is 0 Å². The summed E-state index contributed by atoms with van der Waals surface area (Å²) in [5.41, 5.74) is 5.23. The van der Waals surface area contributed by atoms with Gasteiger partial charge < -0.3 is 15.0 Å². The van der Waals surface area contributed by atoms with Crippen molar-refractivity contribution in [2.45, 2.75) is 78.2 Å². The van der Waals surface area contributed by atoms with Crippen LogP contribution in [-0.4, -0.2) is 43.0 Å². The molecule has 7 heteroatoms. The highest BCUT2D eigenvalue weighted by Gasteiger charge is 2.37. The Labute approximate surface area is 232 Å². The van der Waals surface area contributed by atoms with E-state index in [1.807, 2.05) is 19.2 Å². The highest BCUT2D eigenvalue weighted by molar-refractivity contribution is 6.12. The highest BCUT2D eigenvalue weighted by Crippen LogP contribution is 2.45. The normalized spacial score (nSPS) is 19.3. The minimum Gasteiger partial charge on any atom is -0.473 e. The molecule has 1 amide bonds. The zero-order chi connectivity index (χ0) is 27.5. The van der Waals surface area contributed by atoms with Gasteiger partial charge in [-0.3, -0.25) is 15.1 Å². The second-order valence-electron chi connectivity index (χ2n) is 11.3. The summed E-state index contributed by atoms with van der Waals surface area (Å²) < 4.78 is 6.09. The lowest BCUT2D eigenvalue weighted by atomic mass is 9.98. The number of benzene rings is 1. The van der Waals surface area contributed by atoms with Gasteiger partial charge in [-0.15, -0.1) is 0 Å². The van der Waals surface area contributed by atoms with E-state index in [0.29, 0.717) is 17.2 Å². The summed E-state index contributed by atoms with van der Waals surface area (Å²) in [6, 6.07) is 7.99. The first-order valence-corrected chi connectivity index (χ1v) is 14.5. The third-order valence-electron chi connectivity index (χ3n) is 8.55. The molecule has 0 bridgehead atoms. The SMILES string of the molecule is CC#CC(=O)N(c1ccc(NC)c(C(=N)OC2CCCCC2)n1)c1cc(C)c(C)cc1N1CCC(C2CC2)C1. The molecule has 2 aliphatic carbocycles. The predicted molar refractivity (Wildman–Crippen MR) is 158 cm³/mol. The Hall–Kier alpha value is -3.53. The van der Waals surface area contributed by atoms with Gasteiger partial charge in [0.25, 0.3) is 0 Å². The van der Waals surface area contributed by atoms with Crippen LogP contribution in [0.3, 0.4) is 0 Å². The van der Waals surface area contributed by atoms with Crippen LogP contribution in [0.2, 0.25) is 0 Å². The largest absolute Gasteiger partial charge is 0.473 e. The van der Waals surface area contributed by atoms with Crippen molar-refractivity contribution in [2.24, 2.45) is 11.8 Å². The Morgan fingerprint density at radius 3 is 2.51 bits per heavy atom. The molecule has 2 aromatic rings. The van der Waals surface area contributed by atoms with E-state index < -0.39 is 0 Å². The van der Waals surface area contributed by atoms with Crippen molar-refractivity contribution in [3.63, 3.8) is 0 Å². The van der Waals surface area contributed by atoms with Gasteiger partial charge in [-0.05, 0) is 119 Å². The van der Waals surface area contributed by atoms with Gasteiger partial charge >= 0.3 is 5.91 Å². The first-order chi connectivity index (χ1) is 18.9. The molecule has 5 rings (SSSR count). The van der Waals surface area contributed by atoms with Gasteiger partial charge in [0.05, 0.1) is 17.1 Å². The maximum atomic E-state index is 13.6. The summed E-state index contributed by atoms with van der Waals surface area (Å²) >= 11 is 0. The molecule has 206 valence electrons. The maximum absolute atomic E-state index is 13.6. The lowest BCUT2D eigenvalue weighted by molar-refractivity contribution is -0.112. The van der Waals surface area contributed by atoms with E-state index >= 15 is 0 Å². The summed E-state index contributed by atoms with van der Waals surface area (Å²) in [6.45, 7) is 7.87. The Balaban J connectivity index is 1.55. The summed E-state index contributed by atoms with van der Waals surface area (Å²) in [5.74, 6) is 7.24. The van der Waals surface area contributed by atoms with Crippen molar-refractivity contribution < 1.29 is 9.53 Å². The lowest BCUT2D eigenvalue weighted by Crippen LogP contribution is -2.30. The minimum absolute atomic E-state index is 0.0334. The molecule has 2 N–H and O–H groups in total. The van der Waals surface area contributed by atoms with Gasteiger partial charge in [0.2, 0.25) is 5.90 Å². The van der Waals surface area contributed by atoms with E-state index in [9.17, 15) is 4.79 Å². The van der Waals surface area contributed by atoms with Gasteiger partial charge in [0.15, 0.2) is 0 Å². The number of pyridine rings is 1. The second kappa shape index (κ2) is 11.7. The molecular weight excluding hydrogens is 486 g/mol. The maximum Gasteiger partial charge on any atom is 0.308 e. The fraction of sp³-hybridized carbons (Fsp3) is 0.531. The van der Waals surface area contributed by atoms with Crippen LogP contribution in [-0.2, 0) is 9.53 Å². The summed E-state index contributed by atoms with van der Waals surface area (Å²) in [7, 11) is 1.81. The van der Waals surface area contributed by atoms with Crippen LogP contribution >= 0.6 is 0 Å². The highest BCUT2D eigenvalue weighted by atomic mass is 16.5. The number of hydrogen-bond acceptors (Lipinski definition) is 6. The van der Waals surface area contributed by atoms with Gasteiger partial charge in [0.1, 0.15) is 17.6 Å². The third kappa shape index (κ3) is 5.90. The van der Waals surface area contributed by atoms with Gasteiger partial charge in [-0.1, -0.05) is 12.3 Å². The molecule has 1 unspecified atom stereocenters. The number of aromatic nitrogens is 1. The molecule has 39 heavy (non-hydrogen) atoms. The van der Waals surface area contributed by atoms with Crippen LogP contribution < -0.4 is 15.1 Å². The molecule has 7 nitrogen and oxygen atoms in total. The first kappa shape index (κ1) is 27.1. The zero-order valence-corrected chi connectivity index (χ0v) is 23.8. The molecule has 1 saturated heterocycles. The predicted octanol–water partition coefficient (Wildman–Crippen LogP) is 6.34. The minimum atomic E-state index is -0.338. The fourth-order valence-electron chi connectivity index (χ4n) is 6.03. The van der Waals surface area contributed by atoms with Crippen molar-refractivity contribution in [1.29, 1.82) is 5.41 Å². The standard InChI is InChI=1S/C32H41N5O2/c1-5-9-30(38)37(28-19-22(3)21(2)18-27(28)36-17-16-24(20-36)23-12-13-23)29-15-14-26(34-4)31(35-29)32(33)39-25-10-7-6-8-11-25/h14-15,18-19,23-25,33-34H,6-8,10-13,16-17,20H2,1-4H3. The molecule has 1 aromatic carbocycles. The van der Waals surface area contributed by atoms with Crippen molar-refractivity contribution in [2.75, 3.05) is 35.3 Å². The average molecular weight is 528 g/mol. The number of nitrogens with one attached hydrogen (secondary N) is 2. The number of carbonyl (C=O) groups is 1. The van der Waals surface area contributed by atoms with Crippen LogP contribution in [0.25, 0.3) is 0 Å². The molecule has 2 saturated carbocycles. The Morgan fingerprint density at radius 2 is 1.82 bits per heavy atom. The molecule has 1 aliphatic heterocycles. The number of aryl methyl sites for hydroxylation is 2. The molecule has 0 spiro atoms. The summed E-state index contributed by atoms with van der Waals surface area (Å²) in [6.07, 6.45) is 9.28. The van der Waals surface area contributed by atoms with E-state index in [1.54, 1.807) is 11.8 Å². The van der Waals surface area contributed by atoms with Crippen LogP contribution in [0.1, 0.15) is 75.1 Å². The quantitative estimate of drug-likeness (QED) is 0.249. The second-order valence-corrected chi connectivity index (χ2v) is 11.3. The monoisotopic (exact) mass is 527 g/mol. The summed E-state index contributed by atoms with van der Waals surface area (Å²) in [5, 5.41) is 11.9.